The summed E-state index contributed by atoms with van der Waals surface area (Å²) in [6.45, 7) is 0.832. The van der Waals surface area contributed by atoms with Crippen molar-refractivity contribution in [3.63, 3.8) is 0 Å². The van der Waals surface area contributed by atoms with Crippen LogP contribution < -0.4 is 15.7 Å². The van der Waals surface area contributed by atoms with Gasteiger partial charge in [-0.1, -0.05) is 6.42 Å². The van der Waals surface area contributed by atoms with Gasteiger partial charge in [-0.25, -0.2) is 4.79 Å². The van der Waals surface area contributed by atoms with Crippen LogP contribution in [0, 0.1) is 0 Å². The third-order valence-corrected chi connectivity index (χ3v) is 5.20. The van der Waals surface area contributed by atoms with Gasteiger partial charge in [0.2, 0.25) is 5.91 Å². The van der Waals surface area contributed by atoms with Gasteiger partial charge in [-0.3, -0.25) is 9.59 Å². The maximum Gasteiger partial charge on any atom is 0.339 e. The number of hydrogen-bond donors (Lipinski definition) is 1. The van der Waals surface area contributed by atoms with E-state index in [4.69, 9.17) is 9.15 Å². The fourth-order valence-corrected chi connectivity index (χ4v) is 3.78. The zero-order chi connectivity index (χ0) is 18.8. The highest BCUT2D eigenvalue weighted by atomic mass is 16.5. The van der Waals surface area contributed by atoms with Gasteiger partial charge in [0.25, 0.3) is 5.91 Å². The Bertz CT molecular complexity index is 949. The minimum Gasteiger partial charge on any atom is -0.484 e. The van der Waals surface area contributed by atoms with Gasteiger partial charge < -0.3 is 19.4 Å². The van der Waals surface area contributed by atoms with Crippen LogP contribution >= 0.6 is 0 Å². The largest absolute Gasteiger partial charge is 0.484 e. The fraction of sp³-hybridized carbons (Fsp3) is 0.450. The number of ether oxygens (including phenoxy) is 1. The van der Waals surface area contributed by atoms with Gasteiger partial charge in [0.15, 0.2) is 6.61 Å². The molecular weight excluding hydrogens is 348 g/mol. The predicted octanol–water partition coefficient (Wildman–Crippen LogP) is 1.40. The van der Waals surface area contributed by atoms with E-state index in [2.05, 4.69) is 5.32 Å². The molecule has 2 aromatic rings. The van der Waals surface area contributed by atoms with Gasteiger partial charge in [-0.2, -0.15) is 0 Å². The summed E-state index contributed by atoms with van der Waals surface area (Å²) in [5.74, 6) is 0.0603. The van der Waals surface area contributed by atoms with Crippen molar-refractivity contribution in [1.82, 2.24) is 10.2 Å². The van der Waals surface area contributed by atoms with Crippen molar-refractivity contribution < 1.29 is 18.7 Å². The standard InChI is InChI=1S/C20H22N2O5/c23-18-11-22(9-8-21-18)19(24)12-26-13-6-7-15-14-4-2-1-3-5-16(14)20(25)27-17(15)10-13/h6-7,10H,1-5,8-9,11-12H2,(H,21,23). The summed E-state index contributed by atoms with van der Waals surface area (Å²) >= 11 is 0. The zero-order valence-corrected chi connectivity index (χ0v) is 15.1. The first-order valence-corrected chi connectivity index (χ1v) is 9.38. The van der Waals surface area contributed by atoms with Crippen LogP contribution in [0.1, 0.15) is 30.4 Å². The number of nitrogens with one attached hydrogen (secondary N) is 1. The predicted molar refractivity (Wildman–Crippen MR) is 98.8 cm³/mol. The lowest BCUT2D eigenvalue weighted by atomic mass is 10.0. The Kier molecular flexibility index (Phi) is 4.83. The molecule has 1 aliphatic heterocycles. The molecule has 1 N–H and O–H groups in total. The number of piperazine rings is 1. The molecule has 0 atom stereocenters. The van der Waals surface area contributed by atoms with E-state index in [1.807, 2.05) is 6.07 Å². The lowest BCUT2D eigenvalue weighted by Gasteiger charge is -2.26. The Balaban J connectivity index is 1.53. The summed E-state index contributed by atoms with van der Waals surface area (Å²) in [6.07, 6.45) is 4.85. The smallest absolute Gasteiger partial charge is 0.339 e. The third kappa shape index (κ3) is 3.67. The van der Waals surface area contributed by atoms with Crippen molar-refractivity contribution in [1.29, 1.82) is 0 Å². The molecule has 1 fully saturated rings. The summed E-state index contributed by atoms with van der Waals surface area (Å²) < 4.78 is 11.1. The number of hydrogen-bond acceptors (Lipinski definition) is 5. The Morgan fingerprint density at radius 1 is 1.15 bits per heavy atom. The molecule has 1 aromatic carbocycles. The molecule has 4 rings (SSSR count). The second-order valence-corrected chi connectivity index (χ2v) is 7.02. The van der Waals surface area contributed by atoms with E-state index in [-0.39, 0.29) is 30.6 Å². The Labute approximate surface area is 156 Å². The van der Waals surface area contributed by atoms with Crippen molar-refractivity contribution in [2.45, 2.75) is 32.1 Å². The van der Waals surface area contributed by atoms with Crippen LogP contribution in [0.25, 0.3) is 11.0 Å². The second kappa shape index (κ2) is 7.42. The van der Waals surface area contributed by atoms with E-state index in [0.29, 0.717) is 24.4 Å². The van der Waals surface area contributed by atoms with Gasteiger partial charge in [0, 0.05) is 30.1 Å². The fourth-order valence-electron chi connectivity index (χ4n) is 3.78. The average molecular weight is 370 g/mol. The van der Waals surface area contributed by atoms with Crippen LogP contribution in [0.2, 0.25) is 0 Å². The van der Waals surface area contributed by atoms with Gasteiger partial charge in [-0.05, 0) is 43.4 Å². The van der Waals surface area contributed by atoms with Crippen LogP contribution in [0.15, 0.2) is 27.4 Å². The Morgan fingerprint density at radius 3 is 2.78 bits per heavy atom. The highest BCUT2D eigenvalue weighted by molar-refractivity contribution is 5.87. The van der Waals surface area contributed by atoms with Crippen LogP contribution in [0.5, 0.6) is 5.75 Å². The molecule has 2 amide bonds. The first-order valence-electron chi connectivity index (χ1n) is 9.38. The van der Waals surface area contributed by atoms with E-state index in [0.717, 1.165) is 48.6 Å². The molecule has 1 aromatic heterocycles. The number of benzene rings is 1. The number of carbonyl (C=O) groups is 2. The number of fused-ring (bicyclic) bond motifs is 3. The summed E-state index contributed by atoms with van der Waals surface area (Å²) in [4.78, 5) is 37.4. The molecule has 7 heteroatoms. The van der Waals surface area contributed by atoms with Crippen LogP contribution in [0.3, 0.4) is 0 Å². The minimum absolute atomic E-state index is 0.0565. The van der Waals surface area contributed by atoms with E-state index in [9.17, 15) is 14.4 Å². The summed E-state index contributed by atoms with van der Waals surface area (Å²) in [5, 5.41) is 3.62. The topological polar surface area (TPSA) is 88.8 Å². The van der Waals surface area contributed by atoms with Crippen molar-refractivity contribution in [2.24, 2.45) is 0 Å². The molecule has 1 saturated heterocycles. The molecule has 0 saturated carbocycles. The monoisotopic (exact) mass is 370 g/mol. The number of amides is 2. The van der Waals surface area contributed by atoms with E-state index < -0.39 is 0 Å². The van der Waals surface area contributed by atoms with Crippen molar-refractivity contribution in [2.75, 3.05) is 26.2 Å². The van der Waals surface area contributed by atoms with Crippen molar-refractivity contribution >= 4 is 22.8 Å². The lowest BCUT2D eigenvalue weighted by Crippen LogP contribution is -2.51. The molecule has 142 valence electrons. The van der Waals surface area contributed by atoms with Gasteiger partial charge >= 0.3 is 5.63 Å². The SMILES string of the molecule is O=C1CN(C(=O)COc2ccc3c4c(c(=O)oc3c2)CCCCC4)CCN1. The summed E-state index contributed by atoms with van der Waals surface area (Å²) in [6, 6.07) is 5.36. The third-order valence-electron chi connectivity index (χ3n) is 5.20. The number of aryl methyl sites for hydroxylation is 1. The molecule has 0 spiro atoms. The quantitative estimate of drug-likeness (QED) is 0.652. The summed E-state index contributed by atoms with van der Waals surface area (Å²) in [7, 11) is 0. The molecule has 0 bridgehead atoms. The van der Waals surface area contributed by atoms with Crippen LogP contribution in [-0.2, 0) is 22.4 Å². The van der Waals surface area contributed by atoms with E-state index in [1.165, 1.54) is 4.90 Å². The minimum atomic E-state index is -0.271. The van der Waals surface area contributed by atoms with Crippen molar-refractivity contribution in [3.8, 4) is 5.75 Å². The van der Waals surface area contributed by atoms with E-state index in [1.54, 1.807) is 12.1 Å². The Hall–Kier alpha value is -2.83. The van der Waals surface area contributed by atoms with Crippen LogP contribution in [-0.4, -0.2) is 43.0 Å². The van der Waals surface area contributed by atoms with Gasteiger partial charge in [0.1, 0.15) is 11.3 Å². The zero-order valence-electron chi connectivity index (χ0n) is 15.1. The number of carbonyl (C=O) groups excluding carboxylic acids is 2. The molecule has 0 radical (unpaired) electrons. The molecule has 27 heavy (non-hydrogen) atoms. The second-order valence-electron chi connectivity index (χ2n) is 7.02. The molecule has 2 aliphatic rings. The normalized spacial score (nSPS) is 17.2. The highest BCUT2D eigenvalue weighted by Gasteiger charge is 2.22. The molecule has 0 unspecified atom stereocenters. The number of rotatable bonds is 3. The molecular formula is C20H22N2O5. The van der Waals surface area contributed by atoms with Gasteiger partial charge in [0.05, 0.1) is 6.54 Å². The van der Waals surface area contributed by atoms with Gasteiger partial charge in [-0.15, -0.1) is 0 Å². The maximum absolute atomic E-state index is 12.3. The van der Waals surface area contributed by atoms with E-state index >= 15 is 0 Å². The highest BCUT2D eigenvalue weighted by Crippen LogP contribution is 2.28. The summed E-state index contributed by atoms with van der Waals surface area (Å²) in [5.41, 5.74) is 2.10. The van der Waals surface area contributed by atoms with Crippen molar-refractivity contribution in [3.05, 3.63) is 39.7 Å². The lowest BCUT2D eigenvalue weighted by molar-refractivity contribution is -0.139. The maximum atomic E-state index is 12.3. The molecule has 2 heterocycles. The average Bonchev–Trinajstić information content (AvgIpc) is 2.92. The molecule has 7 nitrogen and oxygen atoms in total. The first-order chi connectivity index (χ1) is 13.1. The number of nitrogens with zero attached hydrogens (tertiary/aromatic N) is 1. The Morgan fingerprint density at radius 2 is 1.96 bits per heavy atom. The molecule has 1 aliphatic carbocycles. The first kappa shape index (κ1) is 17.6. The van der Waals surface area contributed by atoms with Crippen LogP contribution in [0.4, 0.5) is 0 Å².